The molecule has 1 heterocycles. The van der Waals surface area contributed by atoms with Gasteiger partial charge in [0.05, 0.1) is 10.2 Å². The van der Waals surface area contributed by atoms with Gasteiger partial charge in [0.2, 0.25) is 0 Å². The molecule has 0 amide bonds. The SMILES string of the molecule is CCCNc1nc(CC(F)(F)F)nc(C(C)(C)C)c1Br. The Bertz CT molecular complexity index is 467. The van der Waals surface area contributed by atoms with Crippen molar-refractivity contribution < 1.29 is 13.2 Å². The van der Waals surface area contributed by atoms with Crippen LogP contribution in [0.25, 0.3) is 0 Å². The number of nitrogens with zero attached hydrogens (tertiary/aromatic N) is 2. The minimum atomic E-state index is -4.31. The van der Waals surface area contributed by atoms with Crippen LogP contribution in [-0.4, -0.2) is 22.7 Å². The van der Waals surface area contributed by atoms with Gasteiger partial charge in [-0.05, 0) is 22.4 Å². The first kappa shape index (κ1) is 17.2. The molecule has 0 aromatic carbocycles. The number of aromatic nitrogens is 2. The zero-order valence-electron chi connectivity index (χ0n) is 12.0. The van der Waals surface area contributed by atoms with E-state index < -0.39 is 12.6 Å². The molecular formula is C13H19BrF3N3. The summed E-state index contributed by atoms with van der Waals surface area (Å²) in [5, 5.41) is 3.04. The van der Waals surface area contributed by atoms with E-state index in [9.17, 15) is 13.2 Å². The lowest BCUT2D eigenvalue weighted by Gasteiger charge is -2.22. The number of alkyl halides is 3. The number of hydrogen-bond acceptors (Lipinski definition) is 3. The first-order chi connectivity index (χ1) is 9.04. The fourth-order valence-electron chi connectivity index (χ4n) is 1.61. The molecule has 0 spiro atoms. The van der Waals surface area contributed by atoms with Gasteiger partial charge in [0.15, 0.2) is 0 Å². The Morgan fingerprint density at radius 3 is 2.20 bits per heavy atom. The summed E-state index contributed by atoms with van der Waals surface area (Å²) >= 11 is 3.39. The van der Waals surface area contributed by atoms with Crippen molar-refractivity contribution in [2.45, 2.75) is 52.1 Å². The molecule has 0 aliphatic rings. The van der Waals surface area contributed by atoms with Crippen molar-refractivity contribution in [1.82, 2.24) is 9.97 Å². The second-order valence-corrected chi connectivity index (χ2v) is 6.41. The fourth-order valence-corrected chi connectivity index (χ4v) is 2.52. The third-order valence-electron chi connectivity index (χ3n) is 2.51. The van der Waals surface area contributed by atoms with Gasteiger partial charge in [0.25, 0.3) is 0 Å². The third-order valence-corrected chi connectivity index (χ3v) is 3.26. The highest BCUT2D eigenvalue weighted by atomic mass is 79.9. The number of nitrogens with one attached hydrogen (secondary N) is 1. The van der Waals surface area contributed by atoms with E-state index in [-0.39, 0.29) is 11.2 Å². The molecule has 0 saturated heterocycles. The van der Waals surface area contributed by atoms with E-state index in [2.05, 4.69) is 31.2 Å². The molecular weight excluding hydrogens is 335 g/mol. The van der Waals surface area contributed by atoms with Crippen LogP contribution in [0.2, 0.25) is 0 Å². The van der Waals surface area contributed by atoms with Crippen molar-refractivity contribution in [3.63, 3.8) is 0 Å². The fraction of sp³-hybridized carbons (Fsp3) is 0.692. The quantitative estimate of drug-likeness (QED) is 0.867. The van der Waals surface area contributed by atoms with Crippen molar-refractivity contribution >= 4 is 21.7 Å². The van der Waals surface area contributed by atoms with Gasteiger partial charge in [-0.1, -0.05) is 27.7 Å². The maximum atomic E-state index is 12.5. The van der Waals surface area contributed by atoms with Crippen LogP contribution in [-0.2, 0) is 11.8 Å². The minimum Gasteiger partial charge on any atom is -0.369 e. The lowest BCUT2D eigenvalue weighted by atomic mass is 9.92. The number of anilines is 1. The van der Waals surface area contributed by atoms with Gasteiger partial charge < -0.3 is 5.32 Å². The van der Waals surface area contributed by atoms with E-state index in [1.54, 1.807) is 0 Å². The van der Waals surface area contributed by atoms with Crippen molar-refractivity contribution in [3.05, 3.63) is 16.0 Å². The summed E-state index contributed by atoms with van der Waals surface area (Å²) in [6.07, 6.45) is -4.58. The summed E-state index contributed by atoms with van der Waals surface area (Å²) in [5.41, 5.74) is 0.204. The Balaban J connectivity index is 3.26. The predicted molar refractivity (Wildman–Crippen MR) is 77.0 cm³/mol. The minimum absolute atomic E-state index is 0.204. The highest BCUT2D eigenvalue weighted by Crippen LogP contribution is 2.33. The van der Waals surface area contributed by atoms with Gasteiger partial charge in [-0.25, -0.2) is 9.97 Å². The van der Waals surface area contributed by atoms with Crippen molar-refractivity contribution in [3.8, 4) is 0 Å². The predicted octanol–water partition coefficient (Wildman–Crippen LogP) is 4.46. The van der Waals surface area contributed by atoms with Crippen LogP contribution >= 0.6 is 15.9 Å². The topological polar surface area (TPSA) is 37.8 Å². The second-order valence-electron chi connectivity index (χ2n) is 5.62. The molecule has 0 fully saturated rings. The van der Waals surface area contributed by atoms with Gasteiger partial charge in [0, 0.05) is 12.0 Å². The average molecular weight is 354 g/mol. The Morgan fingerprint density at radius 1 is 1.15 bits per heavy atom. The lowest BCUT2D eigenvalue weighted by molar-refractivity contribution is -0.128. The summed E-state index contributed by atoms with van der Waals surface area (Å²) in [6, 6.07) is 0. The van der Waals surface area contributed by atoms with E-state index >= 15 is 0 Å². The molecule has 0 unspecified atom stereocenters. The van der Waals surface area contributed by atoms with E-state index in [1.165, 1.54) is 0 Å². The molecule has 20 heavy (non-hydrogen) atoms. The van der Waals surface area contributed by atoms with E-state index in [0.29, 0.717) is 22.5 Å². The van der Waals surface area contributed by atoms with Crippen LogP contribution in [0.1, 0.15) is 45.6 Å². The van der Waals surface area contributed by atoms with Gasteiger partial charge in [-0.3, -0.25) is 0 Å². The molecule has 7 heteroatoms. The largest absolute Gasteiger partial charge is 0.396 e. The molecule has 3 nitrogen and oxygen atoms in total. The first-order valence-corrected chi connectivity index (χ1v) is 7.21. The monoisotopic (exact) mass is 353 g/mol. The maximum Gasteiger partial charge on any atom is 0.396 e. The summed E-state index contributed by atoms with van der Waals surface area (Å²) in [4.78, 5) is 8.06. The van der Waals surface area contributed by atoms with Gasteiger partial charge >= 0.3 is 6.18 Å². The summed E-state index contributed by atoms with van der Waals surface area (Å²) in [5.74, 6) is 0.218. The van der Waals surface area contributed by atoms with Gasteiger partial charge in [-0.2, -0.15) is 13.2 Å². The molecule has 0 atom stereocenters. The molecule has 0 bridgehead atoms. The van der Waals surface area contributed by atoms with Crippen molar-refractivity contribution in [2.75, 3.05) is 11.9 Å². The smallest absolute Gasteiger partial charge is 0.369 e. The Hall–Kier alpha value is -0.850. The van der Waals surface area contributed by atoms with Gasteiger partial charge in [0.1, 0.15) is 18.1 Å². The van der Waals surface area contributed by atoms with Crippen LogP contribution in [0.5, 0.6) is 0 Å². The zero-order valence-corrected chi connectivity index (χ0v) is 13.6. The summed E-state index contributed by atoms with van der Waals surface area (Å²) < 4.78 is 38.3. The number of halogens is 4. The maximum absolute atomic E-state index is 12.5. The first-order valence-electron chi connectivity index (χ1n) is 6.42. The summed E-state index contributed by atoms with van der Waals surface area (Å²) in [7, 11) is 0. The van der Waals surface area contributed by atoms with Crippen LogP contribution in [0.3, 0.4) is 0 Å². The molecule has 0 aliphatic carbocycles. The Kier molecular flexibility index (Phi) is 5.40. The van der Waals surface area contributed by atoms with Crippen LogP contribution in [0.15, 0.2) is 4.47 Å². The molecule has 1 aromatic heterocycles. The van der Waals surface area contributed by atoms with Crippen LogP contribution < -0.4 is 5.32 Å². The lowest BCUT2D eigenvalue weighted by Crippen LogP contribution is -2.21. The van der Waals surface area contributed by atoms with Crippen molar-refractivity contribution in [2.24, 2.45) is 0 Å². The Labute approximate surface area is 125 Å². The zero-order chi connectivity index (χ0) is 15.6. The van der Waals surface area contributed by atoms with E-state index in [0.717, 1.165) is 6.42 Å². The van der Waals surface area contributed by atoms with E-state index in [4.69, 9.17) is 0 Å². The molecule has 0 saturated carbocycles. The second kappa shape index (κ2) is 6.28. The number of hydrogen-bond donors (Lipinski definition) is 1. The molecule has 0 radical (unpaired) electrons. The molecule has 1 aromatic rings. The standard InChI is InChI=1S/C13H19BrF3N3/c1-5-6-18-11-9(14)10(12(2,3)4)19-8(20-11)7-13(15,16)17/h5-7H2,1-4H3,(H,18,19,20). The molecule has 114 valence electrons. The van der Waals surface area contributed by atoms with Gasteiger partial charge in [-0.15, -0.1) is 0 Å². The van der Waals surface area contributed by atoms with Crippen LogP contribution in [0.4, 0.5) is 19.0 Å². The molecule has 0 aliphatic heterocycles. The van der Waals surface area contributed by atoms with Crippen LogP contribution in [0, 0.1) is 0 Å². The summed E-state index contributed by atoms with van der Waals surface area (Å²) in [6.45, 7) is 8.33. The Morgan fingerprint density at radius 2 is 1.75 bits per heavy atom. The molecule has 1 rings (SSSR count). The average Bonchev–Trinajstić information content (AvgIpc) is 2.26. The van der Waals surface area contributed by atoms with Crippen molar-refractivity contribution in [1.29, 1.82) is 0 Å². The number of rotatable bonds is 4. The molecule has 1 N–H and O–H groups in total. The third kappa shape index (κ3) is 4.92. The normalized spacial score (nSPS) is 12.6. The highest BCUT2D eigenvalue weighted by Gasteiger charge is 2.31. The van der Waals surface area contributed by atoms with E-state index in [1.807, 2.05) is 27.7 Å². The highest BCUT2D eigenvalue weighted by molar-refractivity contribution is 9.10.